The maximum Gasteiger partial charge on any atom is 0.248 e. The predicted molar refractivity (Wildman–Crippen MR) is 73.2 cm³/mol. The molecule has 21 heavy (non-hydrogen) atoms. The smallest absolute Gasteiger partial charge is 0.248 e. The van der Waals surface area contributed by atoms with Gasteiger partial charge in [0.2, 0.25) is 11.8 Å². The number of hydrogen-bond acceptors (Lipinski definition) is 2. The van der Waals surface area contributed by atoms with Crippen LogP contribution in [0.4, 0.5) is 8.78 Å². The Morgan fingerprint density at radius 2 is 2.00 bits per heavy atom. The summed E-state index contributed by atoms with van der Waals surface area (Å²) in [6.45, 7) is 4.85. The molecule has 0 bridgehead atoms. The van der Waals surface area contributed by atoms with Crippen LogP contribution in [-0.2, 0) is 16.1 Å². The van der Waals surface area contributed by atoms with E-state index in [-0.39, 0.29) is 36.4 Å². The molecule has 1 aliphatic rings. The van der Waals surface area contributed by atoms with Crippen molar-refractivity contribution in [1.29, 1.82) is 0 Å². The molecule has 0 aliphatic carbocycles. The summed E-state index contributed by atoms with van der Waals surface area (Å²) in [7, 11) is 0. The third-order valence-electron chi connectivity index (χ3n) is 3.63. The molecular formula is C15H18F2N2O2. The van der Waals surface area contributed by atoms with Crippen LogP contribution in [0, 0.1) is 11.6 Å². The van der Waals surface area contributed by atoms with Crippen LogP contribution < -0.4 is 5.32 Å². The minimum atomic E-state index is -1.06. The van der Waals surface area contributed by atoms with Gasteiger partial charge in [-0.15, -0.1) is 0 Å². The van der Waals surface area contributed by atoms with Crippen LogP contribution in [0.25, 0.3) is 0 Å². The van der Waals surface area contributed by atoms with Gasteiger partial charge in [0, 0.05) is 24.6 Å². The molecule has 1 atom stereocenters. The number of nitrogens with one attached hydrogen (secondary N) is 1. The molecule has 1 unspecified atom stereocenters. The van der Waals surface area contributed by atoms with E-state index < -0.39 is 17.2 Å². The van der Waals surface area contributed by atoms with Crippen molar-refractivity contribution in [2.45, 2.75) is 45.3 Å². The molecule has 1 aliphatic heterocycles. The van der Waals surface area contributed by atoms with E-state index >= 15 is 0 Å². The van der Waals surface area contributed by atoms with Gasteiger partial charge in [0.05, 0.1) is 0 Å². The molecule has 4 nitrogen and oxygen atoms in total. The lowest BCUT2D eigenvalue weighted by Gasteiger charge is -2.32. The molecule has 1 aromatic rings. The van der Waals surface area contributed by atoms with Gasteiger partial charge in [0.1, 0.15) is 5.54 Å². The largest absolute Gasteiger partial charge is 0.342 e. The van der Waals surface area contributed by atoms with E-state index in [1.807, 2.05) is 0 Å². The van der Waals surface area contributed by atoms with Gasteiger partial charge in [0.15, 0.2) is 11.6 Å². The molecule has 114 valence electrons. The van der Waals surface area contributed by atoms with Crippen molar-refractivity contribution < 1.29 is 18.4 Å². The molecule has 1 aromatic carbocycles. The van der Waals surface area contributed by atoms with Crippen LogP contribution in [0.5, 0.6) is 0 Å². The summed E-state index contributed by atoms with van der Waals surface area (Å²) in [5.74, 6) is -2.46. The standard InChI is InChI=1S/C15H18F2N2O2/c1-9-7-12(20)18-15(2,3)14(21)19(9)8-10-5-4-6-11(16)13(10)17/h4-6,9H,7-8H2,1-3H3,(H,18,20). The number of carbonyl (C=O) groups excluding carboxylic acids is 2. The van der Waals surface area contributed by atoms with Gasteiger partial charge in [0.25, 0.3) is 0 Å². The van der Waals surface area contributed by atoms with Gasteiger partial charge < -0.3 is 10.2 Å². The quantitative estimate of drug-likeness (QED) is 0.907. The van der Waals surface area contributed by atoms with E-state index in [4.69, 9.17) is 0 Å². The minimum absolute atomic E-state index is 0.0675. The lowest BCUT2D eigenvalue weighted by molar-refractivity contribution is -0.139. The van der Waals surface area contributed by atoms with Crippen LogP contribution in [0.15, 0.2) is 18.2 Å². The highest BCUT2D eigenvalue weighted by Gasteiger charge is 2.39. The highest BCUT2D eigenvalue weighted by Crippen LogP contribution is 2.22. The van der Waals surface area contributed by atoms with Crippen LogP contribution >= 0.6 is 0 Å². The van der Waals surface area contributed by atoms with Gasteiger partial charge in [-0.05, 0) is 26.8 Å². The number of benzene rings is 1. The third kappa shape index (κ3) is 3.04. The first-order valence-electron chi connectivity index (χ1n) is 6.77. The van der Waals surface area contributed by atoms with Crippen molar-refractivity contribution in [3.63, 3.8) is 0 Å². The Balaban J connectivity index is 2.34. The van der Waals surface area contributed by atoms with Gasteiger partial charge >= 0.3 is 0 Å². The first-order valence-corrected chi connectivity index (χ1v) is 6.77. The number of hydrogen-bond donors (Lipinski definition) is 1. The highest BCUT2D eigenvalue weighted by atomic mass is 19.2. The predicted octanol–water partition coefficient (Wildman–Crippen LogP) is 1.98. The van der Waals surface area contributed by atoms with E-state index in [2.05, 4.69) is 5.32 Å². The lowest BCUT2D eigenvalue weighted by atomic mass is 10.0. The molecule has 1 N–H and O–H groups in total. The zero-order valence-electron chi connectivity index (χ0n) is 12.2. The Kier molecular flexibility index (Phi) is 3.98. The van der Waals surface area contributed by atoms with E-state index in [0.717, 1.165) is 6.07 Å². The van der Waals surface area contributed by atoms with Gasteiger partial charge in [-0.25, -0.2) is 8.78 Å². The number of nitrogens with zero attached hydrogens (tertiary/aromatic N) is 1. The molecule has 0 spiro atoms. The maximum absolute atomic E-state index is 13.8. The van der Waals surface area contributed by atoms with Crippen molar-refractivity contribution >= 4 is 11.8 Å². The zero-order valence-corrected chi connectivity index (χ0v) is 12.2. The maximum atomic E-state index is 13.8. The van der Waals surface area contributed by atoms with Gasteiger partial charge in [-0.3, -0.25) is 9.59 Å². The number of halogens is 2. The summed E-state index contributed by atoms with van der Waals surface area (Å²) in [6.07, 6.45) is 0.131. The fourth-order valence-corrected chi connectivity index (χ4v) is 2.47. The van der Waals surface area contributed by atoms with Crippen molar-refractivity contribution in [3.8, 4) is 0 Å². The van der Waals surface area contributed by atoms with Crippen LogP contribution in [0.3, 0.4) is 0 Å². The Hall–Kier alpha value is -1.98. The first-order chi connectivity index (χ1) is 9.72. The second-order valence-electron chi connectivity index (χ2n) is 5.87. The van der Waals surface area contributed by atoms with Crippen molar-refractivity contribution in [3.05, 3.63) is 35.4 Å². The summed E-state index contributed by atoms with van der Waals surface area (Å²) in [5, 5.41) is 2.64. The van der Waals surface area contributed by atoms with Crippen LogP contribution in [-0.4, -0.2) is 28.3 Å². The number of carbonyl (C=O) groups is 2. The second-order valence-corrected chi connectivity index (χ2v) is 5.87. The Morgan fingerprint density at radius 3 is 2.67 bits per heavy atom. The minimum Gasteiger partial charge on any atom is -0.342 e. The zero-order chi connectivity index (χ0) is 15.8. The van der Waals surface area contributed by atoms with Crippen molar-refractivity contribution in [1.82, 2.24) is 10.2 Å². The number of amides is 2. The molecule has 6 heteroatoms. The lowest BCUT2D eigenvalue weighted by Crippen LogP contribution is -2.53. The Morgan fingerprint density at radius 1 is 1.33 bits per heavy atom. The molecule has 0 radical (unpaired) electrons. The van der Waals surface area contributed by atoms with E-state index in [9.17, 15) is 18.4 Å². The third-order valence-corrected chi connectivity index (χ3v) is 3.63. The number of rotatable bonds is 2. The summed E-state index contributed by atoms with van der Waals surface area (Å²) in [5.41, 5.74) is -0.966. The summed E-state index contributed by atoms with van der Waals surface area (Å²) in [6, 6.07) is 3.48. The summed E-state index contributed by atoms with van der Waals surface area (Å²) in [4.78, 5) is 25.7. The normalized spacial score (nSPS) is 22.0. The summed E-state index contributed by atoms with van der Waals surface area (Å²) < 4.78 is 27.1. The Labute approximate surface area is 122 Å². The molecule has 2 amide bonds. The van der Waals surface area contributed by atoms with Crippen LogP contribution in [0.1, 0.15) is 32.8 Å². The average Bonchev–Trinajstić information content (AvgIpc) is 2.44. The van der Waals surface area contributed by atoms with Gasteiger partial charge in [-0.2, -0.15) is 0 Å². The second kappa shape index (κ2) is 5.42. The molecule has 1 saturated heterocycles. The first kappa shape index (κ1) is 15.4. The molecule has 2 rings (SSSR count). The highest BCUT2D eigenvalue weighted by molar-refractivity contribution is 5.93. The molecule has 0 aromatic heterocycles. The van der Waals surface area contributed by atoms with Gasteiger partial charge in [-0.1, -0.05) is 12.1 Å². The van der Waals surface area contributed by atoms with E-state index in [1.54, 1.807) is 20.8 Å². The fraction of sp³-hybridized carbons (Fsp3) is 0.467. The molecule has 1 fully saturated rings. The fourth-order valence-electron chi connectivity index (χ4n) is 2.47. The van der Waals surface area contributed by atoms with Crippen molar-refractivity contribution in [2.75, 3.05) is 0 Å². The van der Waals surface area contributed by atoms with Crippen molar-refractivity contribution in [2.24, 2.45) is 0 Å². The SMILES string of the molecule is CC1CC(=O)NC(C)(C)C(=O)N1Cc1cccc(F)c1F. The molecule has 0 saturated carbocycles. The van der Waals surface area contributed by atoms with E-state index in [1.165, 1.54) is 17.0 Å². The Bertz CT molecular complexity index is 587. The molecular weight excluding hydrogens is 278 g/mol. The summed E-state index contributed by atoms with van der Waals surface area (Å²) >= 11 is 0. The van der Waals surface area contributed by atoms with Crippen LogP contribution in [0.2, 0.25) is 0 Å². The molecule has 1 heterocycles. The topological polar surface area (TPSA) is 49.4 Å². The average molecular weight is 296 g/mol. The monoisotopic (exact) mass is 296 g/mol. The van der Waals surface area contributed by atoms with E-state index in [0.29, 0.717) is 0 Å².